The first-order valence-corrected chi connectivity index (χ1v) is 9.69. The van der Waals surface area contributed by atoms with Crippen molar-refractivity contribution < 1.29 is 0 Å². The van der Waals surface area contributed by atoms with Crippen LogP contribution in [0.2, 0.25) is 0 Å². The summed E-state index contributed by atoms with van der Waals surface area (Å²) in [6.45, 7) is 4.43. The molecule has 27 heavy (non-hydrogen) atoms. The van der Waals surface area contributed by atoms with E-state index in [2.05, 4.69) is 44.0 Å². The number of anilines is 1. The van der Waals surface area contributed by atoms with Crippen molar-refractivity contribution >= 4 is 16.9 Å². The summed E-state index contributed by atoms with van der Waals surface area (Å²) < 4.78 is 0. The van der Waals surface area contributed by atoms with Gasteiger partial charge in [-0.25, -0.2) is 4.98 Å². The molecule has 1 aromatic carbocycles. The Bertz CT molecular complexity index is 1040. The van der Waals surface area contributed by atoms with E-state index in [-0.39, 0.29) is 5.56 Å². The van der Waals surface area contributed by atoms with Gasteiger partial charge in [-0.1, -0.05) is 12.1 Å². The molecule has 6 heteroatoms. The van der Waals surface area contributed by atoms with Crippen molar-refractivity contribution in [3.63, 3.8) is 0 Å². The normalized spacial score (nSPS) is 17.4. The molecule has 6 nitrogen and oxygen atoms in total. The van der Waals surface area contributed by atoms with Gasteiger partial charge in [-0.05, 0) is 43.0 Å². The van der Waals surface area contributed by atoms with Crippen LogP contribution in [-0.4, -0.2) is 39.5 Å². The average Bonchev–Trinajstić information content (AvgIpc) is 3.22. The number of H-pyrrole nitrogens is 1. The number of pyridine rings is 1. The monoisotopic (exact) mass is 361 g/mol. The van der Waals surface area contributed by atoms with Gasteiger partial charge in [0.25, 0.3) is 5.56 Å². The third-order valence-corrected chi connectivity index (χ3v) is 5.62. The minimum Gasteiger partial charge on any atom is -0.342 e. The standard InChI is InChI=1S/C21H23N5O/c27-20-17-7-11-25(13-15-5-6-18-16(12-15)4-3-8-22-18)14-19(17)23-21(24-20)26-9-1-2-10-26/h3-6,8,12H,1-2,7,9-11,13-14H2,(H,23,24,27). The van der Waals surface area contributed by atoms with E-state index in [1.807, 2.05) is 12.3 Å². The Kier molecular flexibility index (Phi) is 4.13. The molecule has 1 N–H and O–H groups in total. The van der Waals surface area contributed by atoms with E-state index >= 15 is 0 Å². The number of nitrogens with zero attached hydrogens (tertiary/aromatic N) is 4. The van der Waals surface area contributed by atoms with Gasteiger partial charge >= 0.3 is 0 Å². The van der Waals surface area contributed by atoms with Crippen molar-refractivity contribution in [2.45, 2.75) is 32.4 Å². The molecule has 0 unspecified atom stereocenters. The lowest BCUT2D eigenvalue weighted by molar-refractivity contribution is 0.240. The van der Waals surface area contributed by atoms with Gasteiger partial charge in [-0.2, -0.15) is 0 Å². The van der Waals surface area contributed by atoms with Crippen LogP contribution in [0.5, 0.6) is 0 Å². The van der Waals surface area contributed by atoms with Crippen LogP contribution < -0.4 is 10.5 Å². The molecule has 1 fully saturated rings. The second-order valence-corrected chi connectivity index (χ2v) is 7.50. The lowest BCUT2D eigenvalue weighted by atomic mass is 10.0. The highest BCUT2D eigenvalue weighted by Crippen LogP contribution is 2.21. The lowest BCUT2D eigenvalue weighted by Gasteiger charge is -2.28. The second kappa shape index (κ2) is 6.78. The fraction of sp³-hybridized carbons (Fsp3) is 0.381. The molecular formula is C21H23N5O. The second-order valence-electron chi connectivity index (χ2n) is 7.50. The number of nitrogens with one attached hydrogen (secondary N) is 1. The number of aromatic amines is 1. The fourth-order valence-electron chi connectivity index (χ4n) is 4.18. The van der Waals surface area contributed by atoms with Gasteiger partial charge in [0, 0.05) is 49.9 Å². The van der Waals surface area contributed by atoms with E-state index in [9.17, 15) is 4.79 Å². The third kappa shape index (κ3) is 3.21. The van der Waals surface area contributed by atoms with Crippen molar-refractivity contribution in [3.05, 3.63) is 63.7 Å². The van der Waals surface area contributed by atoms with E-state index in [0.29, 0.717) is 0 Å². The molecule has 5 rings (SSSR count). The van der Waals surface area contributed by atoms with Crippen molar-refractivity contribution in [2.24, 2.45) is 0 Å². The van der Waals surface area contributed by atoms with Gasteiger partial charge in [-0.3, -0.25) is 19.7 Å². The van der Waals surface area contributed by atoms with Crippen molar-refractivity contribution in [1.29, 1.82) is 0 Å². The maximum Gasteiger partial charge on any atom is 0.255 e. The van der Waals surface area contributed by atoms with Crippen molar-refractivity contribution in [3.8, 4) is 0 Å². The van der Waals surface area contributed by atoms with Crippen LogP contribution in [0.25, 0.3) is 10.9 Å². The minimum atomic E-state index is 0.0401. The third-order valence-electron chi connectivity index (χ3n) is 5.62. The Hall–Kier alpha value is -2.73. The Morgan fingerprint density at radius 1 is 1.11 bits per heavy atom. The molecule has 2 aromatic heterocycles. The average molecular weight is 361 g/mol. The summed E-state index contributed by atoms with van der Waals surface area (Å²) in [7, 11) is 0. The summed E-state index contributed by atoms with van der Waals surface area (Å²) in [5.74, 6) is 0.745. The van der Waals surface area contributed by atoms with Gasteiger partial charge in [0.15, 0.2) is 0 Å². The van der Waals surface area contributed by atoms with Crippen LogP contribution in [0.4, 0.5) is 5.95 Å². The topological polar surface area (TPSA) is 65.1 Å². The van der Waals surface area contributed by atoms with E-state index in [0.717, 1.165) is 61.9 Å². The van der Waals surface area contributed by atoms with Crippen molar-refractivity contribution in [2.75, 3.05) is 24.5 Å². The summed E-state index contributed by atoms with van der Waals surface area (Å²) in [6, 6.07) is 10.5. The van der Waals surface area contributed by atoms with Gasteiger partial charge < -0.3 is 4.90 Å². The molecule has 3 aromatic rings. The number of benzene rings is 1. The minimum absolute atomic E-state index is 0.0401. The zero-order valence-electron chi connectivity index (χ0n) is 15.3. The number of fused-ring (bicyclic) bond motifs is 2. The molecule has 0 saturated carbocycles. The Labute approximate surface area is 157 Å². The van der Waals surface area contributed by atoms with Gasteiger partial charge in [0.2, 0.25) is 5.95 Å². The summed E-state index contributed by atoms with van der Waals surface area (Å²) >= 11 is 0. The smallest absolute Gasteiger partial charge is 0.255 e. The first-order valence-electron chi connectivity index (χ1n) is 9.69. The van der Waals surface area contributed by atoms with Crippen LogP contribution in [0.1, 0.15) is 29.7 Å². The molecule has 2 aliphatic rings. The Balaban J connectivity index is 1.38. The van der Waals surface area contributed by atoms with Crippen LogP contribution in [0.15, 0.2) is 41.3 Å². The molecule has 1 saturated heterocycles. The van der Waals surface area contributed by atoms with E-state index in [1.165, 1.54) is 23.8 Å². The van der Waals surface area contributed by atoms with Gasteiger partial charge in [0.1, 0.15) is 0 Å². The number of hydrogen-bond donors (Lipinski definition) is 1. The highest BCUT2D eigenvalue weighted by molar-refractivity contribution is 5.78. The molecule has 0 amide bonds. The zero-order valence-corrected chi connectivity index (χ0v) is 15.3. The van der Waals surface area contributed by atoms with Crippen LogP contribution in [0, 0.1) is 0 Å². The Morgan fingerprint density at radius 3 is 2.89 bits per heavy atom. The molecule has 2 aliphatic heterocycles. The number of rotatable bonds is 3. The molecule has 0 aliphatic carbocycles. The molecule has 0 radical (unpaired) electrons. The fourth-order valence-corrected chi connectivity index (χ4v) is 4.18. The summed E-state index contributed by atoms with van der Waals surface area (Å²) in [5, 5.41) is 1.17. The predicted octanol–water partition coefficient (Wildman–Crippen LogP) is 2.48. The summed E-state index contributed by atoms with van der Waals surface area (Å²) in [5.41, 5.74) is 4.13. The highest BCUT2D eigenvalue weighted by atomic mass is 16.1. The maximum atomic E-state index is 12.5. The molecule has 0 atom stereocenters. The molecule has 0 bridgehead atoms. The van der Waals surface area contributed by atoms with Crippen LogP contribution in [0.3, 0.4) is 0 Å². The number of aromatic nitrogens is 3. The first kappa shape index (κ1) is 16.4. The van der Waals surface area contributed by atoms with E-state index in [1.54, 1.807) is 0 Å². The highest BCUT2D eigenvalue weighted by Gasteiger charge is 2.23. The lowest BCUT2D eigenvalue weighted by Crippen LogP contribution is -2.36. The van der Waals surface area contributed by atoms with E-state index in [4.69, 9.17) is 4.98 Å². The van der Waals surface area contributed by atoms with Crippen LogP contribution >= 0.6 is 0 Å². The number of hydrogen-bond acceptors (Lipinski definition) is 5. The molecule has 138 valence electrons. The van der Waals surface area contributed by atoms with Crippen molar-refractivity contribution in [1.82, 2.24) is 19.9 Å². The summed E-state index contributed by atoms with van der Waals surface area (Å²) in [6.07, 6.45) is 4.92. The molecule has 4 heterocycles. The SMILES string of the molecule is O=c1[nH]c(N2CCCC2)nc2c1CCN(Cc1ccc3ncccc3c1)C2. The zero-order chi connectivity index (χ0) is 18.2. The molecule has 0 spiro atoms. The van der Waals surface area contributed by atoms with Crippen LogP contribution in [-0.2, 0) is 19.5 Å². The Morgan fingerprint density at radius 2 is 2.00 bits per heavy atom. The molecular weight excluding hydrogens is 338 g/mol. The predicted molar refractivity (Wildman–Crippen MR) is 106 cm³/mol. The van der Waals surface area contributed by atoms with Gasteiger partial charge in [-0.15, -0.1) is 0 Å². The maximum absolute atomic E-state index is 12.5. The first-order chi connectivity index (χ1) is 13.3. The largest absolute Gasteiger partial charge is 0.342 e. The quantitative estimate of drug-likeness (QED) is 0.776. The van der Waals surface area contributed by atoms with Gasteiger partial charge in [0.05, 0.1) is 11.2 Å². The van der Waals surface area contributed by atoms with E-state index < -0.39 is 0 Å². The summed E-state index contributed by atoms with van der Waals surface area (Å²) in [4.78, 5) is 29.3.